The highest BCUT2D eigenvalue weighted by Gasteiger charge is 2.20. The minimum Gasteiger partial charge on any atom is -0.336 e. The molecule has 136 valence electrons. The van der Waals surface area contributed by atoms with Gasteiger partial charge in [0.15, 0.2) is 0 Å². The predicted molar refractivity (Wildman–Crippen MR) is 104 cm³/mol. The molecule has 0 atom stereocenters. The van der Waals surface area contributed by atoms with Crippen LogP contribution in [-0.4, -0.2) is 54.8 Å². The lowest BCUT2D eigenvalue weighted by atomic mass is 10.1. The van der Waals surface area contributed by atoms with E-state index in [1.165, 1.54) is 0 Å². The summed E-state index contributed by atoms with van der Waals surface area (Å²) >= 11 is 11.8. The van der Waals surface area contributed by atoms with E-state index in [-0.39, 0.29) is 11.8 Å². The number of hydrogen-bond acceptors (Lipinski definition) is 3. The zero-order valence-electron chi connectivity index (χ0n) is 14.3. The second kappa shape index (κ2) is 8.08. The van der Waals surface area contributed by atoms with Gasteiger partial charge in [0.05, 0.1) is 10.0 Å². The van der Waals surface area contributed by atoms with Gasteiger partial charge in [0.1, 0.15) is 0 Å². The van der Waals surface area contributed by atoms with Crippen LogP contribution in [0, 0.1) is 0 Å². The molecule has 1 fully saturated rings. The van der Waals surface area contributed by atoms with Gasteiger partial charge in [0, 0.05) is 43.0 Å². The van der Waals surface area contributed by atoms with Crippen molar-refractivity contribution < 1.29 is 9.59 Å². The molecule has 1 aliphatic heterocycles. The number of nitrogens with zero attached hydrogens (tertiary/aromatic N) is 2. The van der Waals surface area contributed by atoms with Crippen molar-refractivity contribution in [3.8, 4) is 0 Å². The van der Waals surface area contributed by atoms with Gasteiger partial charge >= 0.3 is 0 Å². The number of piperazine rings is 1. The minimum atomic E-state index is -0.276. The molecule has 0 saturated carbocycles. The first-order valence-electron chi connectivity index (χ1n) is 8.28. The van der Waals surface area contributed by atoms with Crippen LogP contribution >= 0.6 is 23.2 Å². The number of anilines is 1. The summed E-state index contributed by atoms with van der Waals surface area (Å²) in [6.07, 6.45) is 0. The number of halogens is 2. The lowest BCUT2D eigenvalue weighted by Crippen LogP contribution is -2.47. The first-order valence-corrected chi connectivity index (χ1v) is 9.04. The van der Waals surface area contributed by atoms with Crippen molar-refractivity contribution in [3.63, 3.8) is 0 Å². The molecule has 0 spiro atoms. The van der Waals surface area contributed by atoms with Crippen LogP contribution in [0.15, 0.2) is 42.5 Å². The second-order valence-electron chi connectivity index (χ2n) is 6.26. The molecule has 0 unspecified atom stereocenters. The third kappa shape index (κ3) is 4.36. The fourth-order valence-corrected chi connectivity index (χ4v) is 3.03. The van der Waals surface area contributed by atoms with Gasteiger partial charge in [-0.1, -0.05) is 23.2 Å². The van der Waals surface area contributed by atoms with Gasteiger partial charge in [-0.3, -0.25) is 9.59 Å². The Balaban J connectivity index is 1.65. The van der Waals surface area contributed by atoms with Crippen LogP contribution in [0.25, 0.3) is 0 Å². The van der Waals surface area contributed by atoms with Gasteiger partial charge in [-0.15, -0.1) is 0 Å². The molecule has 1 heterocycles. The highest BCUT2D eigenvalue weighted by atomic mass is 35.5. The Bertz CT molecular complexity index is 816. The number of carbonyl (C=O) groups is 2. The molecule has 2 aromatic carbocycles. The standard InChI is InChI=1S/C19H19Cl2N3O2/c1-23-8-10-24(11-9-23)19(26)14-4-2-13(3-5-14)18(25)22-15-6-7-16(20)17(21)12-15/h2-7,12H,8-11H2,1H3,(H,22,25). The van der Waals surface area contributed by atoms with Crippen molar-refractivity contribution in [2.75, 3.05) is 38.5 Å². The normalized spacial score (nSPS) is 15.0. The van der Waals surface area contributed by atoms with Crippen LogP contribution in [0.2, 0.25) is 10.0 Å². The van der Waals surface area contributed by atoms with Crippen molar-refractivity contribution in [3.05, 3.63) is 63.6 Å². The molecule has 5 nitrogen and oxygen atoms in total. The summed E-state index contributed by atoms with van der Waals surface area (Å²) in [5.74, 6) is -0.281. The average Bonchev–Trinajstić information content (AvgIpc) is 2.65. The van der Waals surface area contributed by atoms with Crippen molar-refractivity contribution in [2.45, 2.75) is 0 Å². The Kier molecular flexibility index (Phi) is 5.81. The fraction of sp³-hybridized carbons (Fsp3) is 0.263. The maximum Gasteiger partial charge on any atom is 0.255 e. The number of likely N-dealkylation sites (N-methyl/N-ethyl adjacent to an activating group) is 1. The van der Waals surface area contributed by atoms with Crippen LogP contribution in [-0.2, 0) is 0 Å². The molecule has 0 bridgehead atoms. The van der Waals surface area contributed by atoms with E-state index in [1.807, 2.05) is 11.9 Å². The number of hydrogen-bond donors (Lipinski definition) is 1. The van der Waals surface area contributed by atoms with E-state index in [0.29, 0.717) is 26.9 Å². The van der Waals surface area contributed by atoms with Crippen LogP contribution < -0.4 is 5.32 Å². The van der Waals surface area contributed by atoms with E-state index in [0.717, 1.165) is 26.2 Å². The summed E-state index contributed by atoms with van der Waals surface area (Å²) in [4.78, 5) is 28.9. The molecule has 26 heavy (non-hydrogen) atoms. The van der Waals surface area contributed by atoms with Gasteiger partial charge < -0.3 is 15.1 Å². The number of amides is 2. The van der Waals surface area contributed by atoms with E-state index in [2.05, 4.69) is 10.2 Å². The SMILES string of the molecule is CN1CCN(C(=O)c2ccc(C(=O)Nc3ccc(Cl)c(Cl)c3)cc2)CC1. The van der Waals surface area contributed by atoms with E-state index in [9.17, 15) is 9.59 Å². The molecule has 3 rings (SSSR count). The molecule has 2 aromatic rings. The van der Waals surface area contributed by atoms with Crippen LogP contribution in [0.1, 0.15) is 20.7 Å². The molecule has 7 heteroatoms. The van der Waals surface area contributed by atoms with E-state index in [4.69, 9.17) is 23.2 Å². The summed E-state index contributed by atoms with van der Waals surface area (Å²) in [7, 11) is 2.04. The summed E-state index contributed by atoms with van der Waals surface area (Å²) in [6, 6.07) is 11.6. The smallest absolute Gasteiger partial charge is 0.255 e. The Morgan fingerprint density at radius 2 is 1.50 bits per heavy atom. The van der Waals surface area contributed by atoms with Crippen LogP contribution in [0.5, 0.6) is 0 Å². The number of carbonyl (C=O) groups excluding carboxylic acids is 2. The number of nitrogens with one attached hydrogen (secondary N) is 1. The zero-order valence-corrected chi connectivity index (χ0v) is 15.8. The minimum absolute atomic E-state index is 0.00505. The van der Waals surface area contributed by atoms with Crippen molar-refractivity contribution >= 4 is 40.7 Å². The quantitative estimate of drug-likeness (QED) is 0.868. The highest BCUT2D eigenvalue weighted by molar-refractivity contribution is 6.42. The van der Waals surface area contributed by atoms with Crippen molar-refractivity contribution in [2.24, 2.45) is 0 Å². The van der Waals surface area contributed by atoms with Crippen molar-refractivity contribution in [1.82, 2.24) is 9.80 Å². The molecule has 0 aliphatic carbocycles. The maximum absolute atomic E-state index is 12.5. The zero-order chi connectivity index (χ0) is 18.7. The van der Waals surface area contributed by atoms with Crippen LogP contribution in [0.4, 0.5) is 5.69 Å². The third-order valence-corrected chi connectivity index (χ3v) is 5.10. The molecule has 2 amide bonds. The molecular formula is C19H19Cl2N3O2. The Morgan fingerprint density at radius 1 is 0.885 bits per heavy atom. The van der Waals surface area contributed by atoms with E-state index in [1.54, 1.807) is 42.5 Å². The van der Waals surface area contributed by atoms with E-state index < -0.39 is 0 Å². The lowest BCUT2D eigenvalue weighted by Gasteiger charge is -2.32. The Hall–Kier alpha value is -2.08. The Morgan fingerprint density at radius 3 is 2.12 bits per heavy atom. The molecule has 1 aliphatic rings. The van der Waals surface area contributed by atoms with Gasteiger partial charge in [-0.2, -0.15) is 0 Å². The molecule has 0 radical (unpaired) electrons. The average molecular weight is 392 g/mol. The molecule has 1 saturated heterocycles. The fourth-order valence-electron chi connectivity index (χ4n) is 2.73. The van der Waals surface area contributed by atoms with Gasteiger partial charge in [0.25, 0.3) is 11.8 Å². The van der Waals surface area contributed by atoms with Gasteiger partial charge in [0.2, 0.25) is 0 Å². The third-order valence-electron chi connectivity index (χ3n) is 4.36. The Labute approximate surface area is 162 Å². The van der Waals surface area contributed by atoms with E-state index >= 15 is 0 Å². The second-order valence-corrected chi connectivity index (χ2v) is 7.07. The van der Waals surface area contributed by atoms with Gasteiger partial charge in [-0.05, 0) is 49.5 Å². The van der Waals surface area contributed by atoms with Crippen LogP contribution in [0.3, 0.4) is 0 Å². The topological polar surface area (TPSA) is 52.7 Å². The highest BCUT2D eigenvalue weighted by Crippen LogP contribution is 2.25. The summed E-state index contributed by atoms with van der Waals surface area (Å²) < 4.78 is 0. The first-order chi connectivity index (χ1) is 12.4. The molecular weight excluding hydrogens is 373 g/mol. The summed E-state index contributed by atoms with van der Waals surface area (Å²) in [6.45, 7) is 3.18. The number of rotatable bonds is 3. The van der Waals surface area contributed by atoms with Crippen molar-refractivity contribution in [1.29, 1.82) is 0 Å². The maximum atomic E-state index is 12.5. The monoisotopic (exact) mass is 391 g/mol. The predicted octanol–water partition coefficient (Wildman–Crippen LogP) is 3.63. The van der Waals surface area contributed by atoms with Gasteiger partial charge in [-0.25, -0.2) is 0 Å². The molecule has 1 N–H and O–H groups in total. The summed E-state index contributed by atoms with van der Waals surface area (Å²) in [5, 5.41) is 3.56. The number of benzene rings is 2. The first kappa shape index (κ1) is 18.7. The largest absolute Gasteiger partial charge is 0.336 e. The summed E-state index contributed by atoms with van der Waals surface area (Å²) in [5.41, 5.74) is 1.61. The lowest BCUT2D eigenvalue weighted by molar-refractivity contribution is 0.0664. The molecule has 0 aromatic heterocycles.